The first-order valence-corrected chi connectivity index (χ1v) is 10.4. The zero-order chi connectivity index (χ0) is 20.8. The maximum Gasteiger partial charge on any atom is 0.338 e. The van der Waals surface area contributed by atoms with Crippen LogP contribution in [0.2, 0.25) is 0 Å². The zero-order valence-corrected chi connectivity index (χ0v) is 18.8. The molecule has 0 aromatic heterocycles. The highest BCUT2D eigenvalue weighted by molar-refractivity contribution is 5.89. The quantitative estimate of drug-likeness (QED) is 0.267. The first-order valence-electron chi connectivity index (χ1n) is 10.4. The smallest absolute Gasteiger partial charge is 0.338 e. The van der Waals surface area contributed by atoms with E-state index >= 15 is 0 Å². The molecular weight excluding hydrogens is 332 g/mol. The van der Waals surface area contributed by atoms with Gasteiger partial charge in [0.2, 0.25) is 0 Å². The normalized spacial score (nSPS) is 13.5. The molecule has 0 amide bonds. The molecule has 1 unspecified atom stereocenters. The van der Waals surface area contributed by atoms with Crippen LogP contribution in [-0.2, 0) is 4.79 Å². The van der Waals surface area contributed by atoms with E-state index in [2.05, 4.69) is 74.1 Å². The molecule has 0 spiro atoms. The summed E-state index contributed by atoms with van der Waals surface area (Å²) < 4.78 is 5.55. The predicted octanol–water partition coefficient (Wildman–Crippen LogP) is 7.54. The summed E-state index contributed by atoms with van der Waals surface area (Å²) in [7, 11) is 0. The monoisotopic (exact) mass is 372 g/mol. The minimum Gasteiger partial charge on any atom is -0.423 e. The van der Waals surface area contributed by atoms with Crippen molar-refractivity contribution in [1.82, 2.24) is 0 Å². The summed E-state index contributed by atoms with van der Waals surface area (Å²) in [6.45, 7) is 22.0. The van der Waals surface area contributed by atoms with Crippen molar-refractivity contribution in [2.24, 2.45) is 16.7 Å². The Hall–Kier alpha value is -1.57. The van der Waals surface area contributed by atoms with Gasteiger partial charge in [0.25, 0.3) is 0 Å². The molecule has 0 N–H and O–H groups in total. The number of hydrogen-bond acceptors (Lipinski definition) is 2. The van der Waals surface area contributed by atoms with Crippen LogP contribution >= 0.6 is 0 Å². The van der Waals surface area contributed by atoms with Crippen molar-refractivity contribution in [3.05, 3.63) is 42.0 Å². The molecular formula is C25H40O2. The number of esters is 1. The Morgan fingerprint density at radius 1 is 1.00 bits per heavy atom. The third kappa shape index (κ3) is 7.91. The first kappa shape index (κ1) is 23.5. The van der Waals surface area contributed by atoms with Gasteiger partial charge in [0, 0.05) is 5.57 Å². The summed E-state index contributed by atoms with van der Waals surface area (Å²) in [5.74, 6) is 1.24. The van der Waals surface area contributed by atoms with Crippen molar-refractivity contribution in [1.29, 1.82) is 0 Å². The van der Waals surface area contributed by atoms with Crippen LogP contribution in [0.4, 0.5) is 0 Å². The number of carbonyl (C=O) groups is 1. The van der Waals surface area contributed by atoms with Gasteiger partial charge in [-0.05, 0) is 53.2 Å². The van der Waals surface area contributed by atoms with Gasteiger partial charge in [0.15, 0.2) is 0 Å². The van der Waals surface area contributed by atoms with Gasteiger partial charge in [-0.15, -0.1) is 0 Å². The fourth-order valence-electron chi connectivity index (χ4n) is 3.49. The first-order chi connectivity index (χ1) is 12.4. The maximum atomic E-state index is 12.3. The molecule has 152 valence electrons. The molecule has 0 saturated carbocycles. The highest BCUT2D eigenvalue weighted by Crippen LogP contribution is 2.43. The van der Waals surface area contributed by atoms with Gasteiger partial charge in [-0.1, -0.05) is 86.9 Å². The topological polar surface area (TPSA) is 26.3 Å². The van der Waals surface area contributed by atoms with Gasteiger partial charge in [0.1, 0.15) is 5.75 Å². The average molecular weight is 373 g/mol. The standard InChI is InChI=1S/C25H40O2/c1-10-19(11-2)16-18(3)23(26)27-21-14-12-20(13-15-21)22(25(7,8)9)17-24(4,5)6/h12-15,19,22H,3,10-11,16-17H2,1-2,4-9H3. The maximum absolute atomic E-state index is 12.3. The van der Waals surface area contributed by atoms with Crippen LogP contribution in [0, 0.1) is 16.7 Å². The van der Waals surface area contributed by atoms with E-state index < -0.39 is 0 Å². The van der Waals surface area contributed by atoms with E-state index in [0.717, 1.165) is 19.3 Å². The molecule has 0 heterocycles. The lowest BCUT2D eigenvalue weighted by Gasteiger charge is -2.36. The number of rotatable bonds is 8. The van der Waals surface area contributed by atoms with Crippen LogP contribution in [0.5, 0.6) is 5.75 Å². The summed E-state index contributed by atoms with van der Waals surface area (Å²) in [4.78, 5) is 12.3. The van der Waals surface area contributed by atoms with Crippen molar-refractivity contribution >= 4 is 5.97 Å². The summed E-state index contributed by atoms with van der Waals surface area (Å²) >= 11 is 0. The second-order valence-electron chi connectivity index (χ2n) is 10.1. The molecule has 1 rings (SSSR count). The van der Waals surface area contributed by atoms with E-state index in [4.69, 9.17) is 4.74 Å². The molecule has 1 aromatic carbocycles. The molecule has 0 radical (unpaired) electrons. The third-order valence-electron chi connectivity index (χ3n) is 5.33. The van der Waals surface area contributed by atoms with Crippen molar-refractivity contribution in [3.63, 3.8) is 0 Å². The Kier molecular flexibility index (Phi) is 8.32. The number of carbonyl (C=O) groups excluding carboxylic acids is 1. The molecule has 2 nitrogen and oxygen atoms in total. The minimum atomic E-state index is -0.309. The second-order valence-corrected chi connectivity index (χ2v) is 10.1. The third-order valence-corrected chi connectivity index (χ3v) is 5.33. The Labute approximate surface area is 167 Å². The number of hydrogen-bond donors (Lipinski definition) is 0. The van der Waals surface area contributed by atoms with E-state index in [1.165, 1.54) is 5.56 Å². The Balaban J connectivity index is 2.85. The lowest BCUT2D eigenvalue weighted by atomic mass is 9.69. The molecule has 0 saturated heterocycles. The Morgan fingerprint density at radius 3 is 1.93 bits per heavy atom. The van der Waals surface area contributed by atoms with Crippen LogP contribution in [0.25, 0.3) is 0 Å². The second kappa shape index (κ2) is 9.57. The molecule has 0 aliphatic rings. The fourth-order valence-corrected chi connectivity index (χ4v) is 3.49. The molecule has 0 aliphatic carbocycles. The van der Waals surface area contributed by atoms with Crippen molar-refractivity contribution in [2.45, 2.75) is 87.0 Å². The molecule has 27 heavy (non-hydrogen) atoms. The van der Waals surface area contributed by atoms with Crippen molar-refractivity contribution < 1.29 is 9.53 Å². The lowest BCUT2D eigenvalue weighted by molar-refractivity contribution is -0.130. The van der Waals surface area contributed by atoms with E-state index in [0.29, 0.717) is 29.6 Å². The van der Waals surface area contributed by atoms with Gasteiger partial charge in [-0.2, -0.15) is 0 Å². The summed E-state index contributed by atoms with van der Waals surface area (Å²) in [5.41, 5.74) is 2.30. The van der Waals surface area contributed by atoms with Gasteiger partial charge in [0.05, 0.1) is 0 Å². The molecule has 1 aromatic rings. The lowest BCUT2D eigenvalue weighted by Crippen LogP contribution is -2.23. The zero-order valence-electron chi connectivity index (χ0n) is 18.8. The molecule has 0 aliphatic heterocycles. The summed E-state index contributed by atoms with van der Waals surface area (Å²) in [6.07, 6.45) is 3.93. The van der Waals surface area contributed by atoms with E-state index in [1.807, 2.05) is 12.1 Å². The van der Waals surface area contributed by atoms with Crippen LogP contribution in [0.1, 0.15) is 92.6 Å². The minimum absolute atomic E-state index is 0.176. The van der Waals surface area contributed by atoms with E-state index in [1.54, 1.807) is 0 Å². The van der Waals surface area contributed by atoms with Crippen LogP contribution in [0.15, 0.2) is 36.4 Å². The predicted molar refractivity (Wildman–Crippen MR) is 116 cm³/mol. The van der Waals surface area contributed by atoms with Crippen molar-refractivity contribution in [2.75, 3.05) is 0 Å². The highest BCUT2D eigenvalue weighted by atomic mass is 16.5. The highest BCUT2D eigenvalue weighted by Gasteiger charge is 2.30. The van der Waals surface area contributed by atoms with Crippen molar-refractivity contribution in [3.8, 4) is 5.75 Å². The average Bonchev–Trinajstić information content (AvgIpc) is 2.56. The van der Waals surface area contributed by atoms with Gasteiger partial charge in [-0.3, -0.25) is 0 Å². The van der Waals surface area contributed by atoms with Crippen LogP contribution in [0.3, 0.4) is 0 Å². The van der Waals surface area contributed by atoms with E-state index in [9.17, 15) is 4.79 Å². The van der Waals surface area contributed by atoms with Crippen LogP contribution in [-0.4, -0.2) is 5.97 Å². The fraction of sp³-hybridized carbons (Fsp3) is 0.640. The largest absolute Gasteiger partial charge is 0.423 e. The Morgan fingerprint density at radius 2 is 1.52 bits per heavy atom. The molecule has 0 fully saturated rings. The Bertz CT molecular complexity index is 607. The SMILES string of the molecule is C=C(CC(CC)CC)C(=O)Oc1ccc(C(CC(C)(C)C)C(C)(C)C)cc1. The summed E-state index contributed by atoms with van der Waals surface area (Å²) in [6, 6.07) is 8.04. The van der Waals surface area contributed by atoms with Crippen LogP contribution < -0.4 is 4.74 Å². The number of ether oxygens (including phenoxy) is 1. The molecule has 2 heteroatoms. The van der Waals surface area contributed by atoms with Gasteiger partial charge in [-0.25, -0.2) is 4.79 Å². The van der Waals surface area contributed by atoms with Gasteiger partial charge < -0.3 is 4.74 Å². The van der Waals surface area contributed by atoms with Gasteiger partial charge >= 0.3 is 5.97 Å². The van der Waals surface area contributed by atoms with E-state index in [-0.39, 0.29) is 16.8 Å². The summed E-state index contributed by atoms with van der Waals surface area (Å²) in [5, 5.41) is 0. The number of benzene rings is 1. The molecule has 1 atom stereocenters. The molecule has 0 bridgehead atoms.